The average molecular weight is 427 g/mol. The van der Waals surface area contributed by atoms with Gasteiger partial charge in [-0.1, -0.05) is 69.3 Å². The molecule has 0 amide bonds. The number of Topliss-reactive ketones (excluding diaryl/α,β-unsaturated/α-hetero) is 1. The minimum Gasteiger partial charge on any atom is -0.299 e. The first-order valence-corrected chi connectivity index (χ1v) is 11.5. The molecule has 0 saturated heterocycles. The number of hydrogen-bond acceptors (Lipinski definition) is 4. The molecule has 164 valence electrons. The average Bonchev–Trinajstić information content (AvgIpc) is 3.04. The molecule has 0 bridgehead atoms. The van der Waals surface area contributed by atoms with E-state index in [2.05, 4.69) is 59.8 Å². The molecule has 1 aliphatic heterocycles. The minimum atomic E-state index is -0.354. The molecule has 2 unspecified atom stereocenters. The van der Waals surface area contributed by atoms with Gasteiger partial charge in [0.15, 0.2) is 5.82 Å². The lowest BCUT2D eigenvalue weighted by Crippen LogP contribution is -2.41. The second-order valence-electron chi connectivity index (χ2n) is 10.1. The van der Waals surface area contributed by atoms with E-state index in [1.54, 1.807) is 0 Å². The van der Waals surface area contributed by atoms with E-state index in [9.17, 15) is 4.79 Å². The van der Waals surface area contributed by atoms with Crippen LogP contribution in [-0.2, 0) is 4.79 Å². The number of carbonyl (C=O) groups is 1. The van der Waals surface area contributed by atoms with E-state index in [0.29, 0.717) is 18.1 Å². The number of nitrogens with zero attached hydrogens (tertiary/aromatic N) is 4. The topological polar surface area (TPSA) is 60.1 Å². The zero-order chi connectivity index (χ0) is 22.5. The number of hydrogen-bond donors (Lipinski definition) is 0. The molecule has 0 radical (unpaired) electrons. The Hall–Kier alpha value is -3.08. The van der Waals surface area contributed by atoms with Gasteiger partial charge in [-0.2, -0.15) is 0 Å². The molecule has 2 heterocycles. The van der Waals surface area contributed by atoms with E-state index in [0.717, 1.165) is 47.0 Å². The monoisotopic (exact) mass is 426 g/mol. The molecule has 2 aromatic carbocycles. The molecule has 3 aromatic rings. The van der Waals surface area contributed by atoms with E-state index in [4.69, 9.17) is 4.99 Å². The molecule has 1 saturated carbocycles. The summed E-state index contributed by atoms with van der Waals surface area (Å²) in [7, 11) is 0. The standard InChI is InChI=1S/C27H30N4O/c1-17-29-30-26-22(16-24(32)19-14-15-21(19)27(2,3)4)28-25(18-10-6-5-7-11-18)20-12-8-9-13-23(20)31(17)26/h5-13,19,21-22H,14-16H2,1-4H3/t19-,21?,22?/m1/s1. The number of para-hydroxylation sites is 1. The summed E-state index contributed by atoms with van der Waals surface area (Å²) in [6, 6.07) is 18.1. The van der Waals surface area contributed by atoms with Gasteiger partial charge in [0.1, 0.15) is 17.6 Å². The fourth-order valence-corrected chi connectivity index (χ4v) is 5.27. The van der Waals surface area contributed by atoms with E-state index < -0.39 is 0 Å². The molecule has 3 atom stereocenters. The van der Waals surface area contributed by atoms with Crippen molar-refractivity contribution in [1.82, 2.24) is 14.8 Å². The summed E-state index contributed by atoms with van der Waals surface area (Å²) >= 11 is 0. The van der Waals surface area contributed by atoms with E-state index in [1.165, 1.54) is 0 Å². The van der Waals surface area contributed by atoms with Gasteiger partial charge in [0.2, 0.25) is 0 Å². The van der Waals surface area contributed by atoms with Crippen LogP contribution in [0.15, 0.2) is 59.6 Å². The van der Waals surface area contributed by atoms with Gasteiger partial charge in [0.05, 0.1) is 11.4 Å². The van der Waals surface area contributed by atoms with Crippen LogP contribution in [0.4, 0.5) is 0 Å². The van der Waals surface area contributed by atoms with Crippen LogP contribution >= 0.6 is 0 Å². The van der Waals surface area contributed by atoms with E-state index in [1.807, 2.05) is 37.3 Å². The number of rotatable bonds is 4. The Morgan fingerprint density at radius 2 is 1.72 bits per heavy atom. The van der Waals surface area contributed by atoms with Gasteiger partial charge in [0.25, 0.3) is 0 Å². The van der Waals surface area contributed by atoms with Crippen LogP contribution in [0.5, 0.6) is 0 Å². The first-order valence-electron chi connectivity index (χ1n) is 11.5. The Morgan fingerprint density at radius 3 is 2.41 bits per heavy atom. The Morgan fingerprint density at radius 1 is 1.00 bits per heavy atom. The molecule has 5 nitrogen and oxygen atoms in total. The molecule has 1 fully saturated rings. The summed E-state index contributed by atoms with van der Waals surface area (Å²) in [6.07, 6.45) is 2.47. The number of carbonyl (C=O) groups excluding carboxylic acids is 1. The van der Waals surface area contributed by atoms with E-state index >= 15 is 0 Å². The Labute approximate surface area is 189 Å². The van der Waals surface area contributed by atoms with Crippen molar-refractivity contribution >= 4 is 11.5 Å². The highest BCUT2D eigenvalue weighted by atomic mass is 16.1. The number of aryl methyl sites for hydroxylation is 1. The first kappa shape index (κ1) is 20.8. The van der Waals surface area contributed by atoms with Crippen LogP contribution in [0.1, 0.15) is 68.9 Å². The molecule has 0 N–H and O–H groups in total. The van der Waals surface area contributed by atoms with Gasteiger partial charge < -0.3 is 0 Å². The molecule has 32 heavy (non-hydrogen) atoms. The van der Waals surface area contributed by atoms with Crippen LogP contribution < -0.4 is 0 Å². The summed E-state index contributed by atoms with van der Waals surface area (Å²) in [5.41, 5.74) is 4.15. The van der Waals surface area contributed by atoms with Crippen LogP contribution in [0.2, 0.25) is 0 Å². The molecule has 2 aliphatic rings. The van der Waals surface area contributed by atoms with Crippen molar-refractivity contribution in [3.63, 3.8) is 0 Å². The quantitative estimate of drug-likeness (QED) is 0.553. The van der Waals surface area contributed by atoms with Crippen molar-refractivity contribution in [1.29, 1.82) is 0 Å². The van der Waals surface area contributed by atoms with Gasteiger partial charge >= 0.3 is 0 Å². The summed E-state index contributed by atoms with van der Waals surface area (Å²) in [5, 5.41) is 8.86. The molecule has 5 heteroatoms. The van der Waals surface area contributed by atoms with Crippen molar-refractivity contribution in [3.8, 4) is 5.69 Å². The molecule has 0 spiro atoms. The van der Waals surface area contributed by atoms with Crippen LogP contribution in [-0.4, -0.2) is 26.3 Å². The molecular formula is C27H30N4O. The largest absolute Gasteiger partial charge is 0.299 e. The predicted molar refractivity (Wildman–Crippen MR) is 126 cm³/mol. The summed E-state index contributed by atoms with van der Waals surface area (Å²) in [5.74, 6) is 2.42. The minimum absolute atomic E-state index is 0.119. The predicted octanol–water partition coefficient (Wildman–Crippen LogP) is 5.50. The lowest BCUT2D eigenvalue weighted by Gasteiger charge is -2.44. The number of ketones is 1. The third kappa shape index (κ3) is 3.50. The van der Waals surface area contributed by atoms with Gasteiger partial charge in [-0.3, -0.25) is 14.4 Å². The SMILES string of the molecule is Cc1nnc2n1-c1ccccc1C(c1ccccc1)=NC2CC(=O)[C@@H]1CCC1C(C)(C)C. The van der Waals surface area contributed by atoms with Gasteiger partial charge in [0, 0.05) is 23.5 Å². The molecule has 1 aromatic heterocycles. The van der Waals surface area contributed by atoms with Crippen LogP contribution in [0.3, 0.4) is 0 Å². The first-order chi connectivity index (χ1) is 15.3. The van der Waals surface area contributed by atoms with Crippen molar-refractivity contribution < 1.29 is 4.79 Å². The lowest BCUT2D eigenvalue weighted by molar-refractivity contribution is -0.131. The lowest BCUT2D eigenvalue weighted by atomic mass is 9.59. The van der Waals surface area contributed by atoms with E-state index in [-0.39, 0.29) is 17.4 Å². The summed E-state index contributed by atoms with van der Waals surface area (Å²) in [4.78, 5) is 18.7. The zero-order valence-electron chi connectivity index (χ0n) is 19.2. The number of benzene rings is 2. The van der Waals surface area contributed by atoms with Crippen molar-refractivity contribution in [2.45, 2.75) is 53.0 Å². The maximum Gasteiger partial charge on any atom is 0.162 e. The number of aromatic nitrogens is 3. The Balaban J connectivity index is 1.60. The van der Waals surface area contributed by atoms with Crippen molar-refractivity contribution in [2.75, 3.05) is 0 Å². The molecule has 5 rings (SSSR count). The van der Waals surface area contributed by atoms with Crippen LogP contribution in [0.25, 0.3) is 5.69 Å². The Kier molecular flexibility index (Phi) is 5.07. The summed E-state index contributed by atoms with van der Waals surface area (Å²) in [6.45, 7) is 8.68. The van der Waals surface area contributed by atoms with Crippen molar-refractivity contribution in [3.05, 3.63) is 77.4 Å². The molecule has 1 aliphatic carbocycles. The molecular weight excluding hydrogens is 396 g/mol. The second kappa shape index (κ2) is 7.80. The highest BCUT2D eigenvalue weighted by molar-refractivity contribution is 6.15. The van der Waals surface area contributed by atoms with Gasteiger partial charge in [-0.25, -0.2) is 0 Å². The van der Waals surface area contributed by atoms with Crippen LogP contribution in [0, 0.1) is 24.2 Å². The maximum absolute atomic E-state index is 13.5. The highest BCUT2D eigenvalue weighted by Crippen LogP contribution is 2.47. The van der Waals surface area contributed by atoms with Gasteiger partial charge in [-0.15, -0.1) is 10.2 Å². The third-order valence-electron chi connectivity index (χ3n) is 7.08. The summed E-state index contributed by atoms with van der Waals surface area (Å²) < 4.78 is 2.08. The highest BCUT2D eigenvalue weighted by Gasteiger charge is 2.44. The fourth-order valence-electron chi connectivity index (χ4n) is 5.27. The fraction of sp³-hybridized carbons (Fsp3) is 0.407. The third-order valence-corrected chi connectivity index (χ3v) is 7.08. The van der Waals surface area contributed by atoms with Gasteiger partial charge in [-0.05, 0) is 37.2 Å². The smallest absolute Gasteiger partial charge is 0.162 e. The second-order valence-corrected chi connectivity index (χ2v) is 10.1. The van der Waals surface area contributed by atoms with Crippen molar-refractivity contribution in [2.24, 2.45) is 22.2 Å². The number of aliphatic imine (C=N–C) groups is 1. The maximum atomic E-state index is 13.5. The zero-order valence-corrected chi connectivity index (χ0v) is 19.2. The number of fused-ring (bicyclic) bond motifs is 3. The Bertz CT molecular complexity index is 1190. The normalized spacial score (nSPS) is 22.2.